The summed E-state index contributed by atoms with van der Waals surface area (Å²) in [5.74, 6) is 0. The molecule has 0 aromatic heterocycles. The Morgan fingerprint density at radius 2 is 1.73 bits per heavy atom. The van der Waals surface area contributed by atoms with Crippen LogP contribution in [0.15, 0.2) is 54.6 Å². The molecule has 2 aromatic carbocycles. The van der Waals surface area contributed by atoms with Crippen molar-refractivity contribution in [1.29, 1.82) is 0 Å². The minimum absolute atomic E-state index is 0.0342. The smallest absolute Gasteiger partial charge is 0.410 e. The van der Waals surface area contributed by atoms with E-state index in [2.05, 4.69) is 31.2 Å². The van der Waals surface area contributed by atoms with Crippen molar-refractivity contribution in [1.82, 2.24) is 4.90 Å². The highest BCUT2D eigenvalue weighted by molar-refractivity contribution is 5.68. The third-order valence-corrected chi connectivity index (χ3v) is 5.22. The molecule has 1 saturated heterocycles. The number of amides is 1. The number of aryl methyl sites for hydroxylation is 1. The summed E-state index contributed by atoms with van der Waals surface area (Å²) in [6, 6.07) is 18.4. The summed E-state index contributed by atoms with van der Waals surface area (Å²) in [4.78, 5) is 16.0. The molecule has 0 radical (unpaired) electrons. The van der Waals surface area contributed by atoms with Crippen molar-refractivity contribution in [3.8, 4) is 0 Å². The van der Waals surface area contributed by atoms with Crippen molar-refractivity contribution in [2.45, 2.75) is 32.4 Å². The summed E-state index contributed by atoms with van der Waals surface area (Å²) < 4.78 is 5.56. The average Bonchev–Trinajstić information content (AvgIpc) is 3.18. The Hall–Kier alpha value is -2.33. The van der Waals surface area contributed by atoms with Crippen molar-refractivity contribution in [2.24, 2.45) is 0 Å². The number of likely N-dealkylation sites (N-methyl/N-ethyl adjacent to an activating group) is 1. The van der Waals surface area contributed by atoms with E-state index < -0.39 is 0 Å². The monoisotopic (exact) mass is 353 g/mol. The van der Waals surface area contributed by atoms with Gasteiger partial charge in [-0.25, -0.2) is 4.79 Å². The Kier molecular flexibility index (Phi) is 6.29. The molecule has 0 saturated carbocycles. The molecule has 2 aromatic rings. The molecule has 138 valence electrons. The number of hydrogen-bond donors (Lipinski definition) is 1. The number of likely N-dealkylation sites (tertiary alicyclic amines) is 1. The van der Waals surface area contributed by atoms with E-state index in [9.17, 15) is 4.79 Å². The number of nitrogens with zero attached hydrogens (tertiary/aromatic N) is 1. The fourth-order valence-electron chi connectivity index (χ4n) is 3.57. The lowest BCUT2D eigenvalue weighted by Crippen LogP contribution is -3.10. The first-order valence-electron chi connectivity index (χ1n) is 9.47. The topological polar surface area (TPSA) is 34.0 Å². The second kappa shape index (κ2) is 8.86. The van der Waals surface area contributed by atoms with Gasteiger partial charge in [0.2, 0.25) is 0 Å². The van der Waals surface area contributed by atoms with Gasteiger partial charge in [0.15, 0.2) is 0 Å². The Balaban J connectivity index is 1.69. The van der Waals surface area contributed by atoms with Gasteiger partial charge < -0.3 is 9.64 Å². The highest BCUT2D eigenvalue weighted by Crippen LogP contribution is 2.20. The Morgan fingerprint density at radius 1 is 1.08 bits per heavy atom. The van der Waals surface area contributed by atoms with Crippen LogP contribution in [0, 0.1) is 6.92 Å². The molecule has 0 spiro atoms. The van der Waals surface area contributed by atoms with E-state index in [-0.39, 0.29) is 12.1 Å². The third kappa shape index (κ3) is 4.85. The molecule has 1 N–H and O–H groups in total. The fraction of sp³-hybridized carbons (Fsp3) is 0.409. The first kappa shape index (κ1) is 18.5. The summed E-state index contributed by atoms with van der Waals surface area (Å²) in [7, 11) is 1.85. The summed E-state index contributed by atoms with van der Waals surface area (Å²) in [5, 5.41) is 0. The van der Waals surface area contributed by atoms with E-state index in [0.717, 1.165) is 12.1 Å². The van der Waals surface area contributed by atoms with Crippen molar-refractivity contribution < 1.29 is 14.4 Å². The standard InChI is InChI=1S/C22H28N2O2/c1-18-10-12-20(13-11-18)21(16-24-14-6-7-15-24)23(2)22(25)26-17-19-8-4-3-5-9-19/h3-5,8-13,21H,6-7,14-17H2,1-2H3/p+1/t21-/m1/s1. The lowest BCUT2D eigenvalue weighted by Gasteiger charge is -2.29. The van der Waals surface area contributed by atoms with Crippen molar-refractivity contribution in [2.75, 3.05) is 26.7 Å². The molecule has 1 aliphatic heterocycles. The maximum Gasteiger partial charge on any atom is 0.410 e. The lowest BCUT2D eigenvalue weighted by molar-refractivity contribution is -0.890. The largest absolute Gasteiger partial charge is 0.445 e. The molecule has 4 nitrogen and oxygen atoms in total. The van der Waals surface area contributed by atoms with E-state index in [0.29, 0.717) is 6.61 Å². The molecule has 0 bridgehead atoms. The Bertz CT molecular complexity index is 694. The van der Waals surface area contributed by atoms with E-state index in [1.165, 1.54) is 37.1 Å². The molecule has 0 aliphatic carbocycles. The zero-order valence-corrected chi connectivity index (χ0v) is 15.8. The normalized spacial score (nSPS) is 15.6. The molecule has 1 aliphatic rings. The molecule has 1 atom stereocenters. The van der Waals surface area contributed by atoms with Gasteiger partial charge >= 0.3 is 6.09 Å². The second-order valence-corrected chi connectivity index (χ2v) is 7.24. The van der Waals surface area contributed by atoms with Crippen LogP contribution in [0.5, 0.6) is 0 Å². The van der Waals surface area contributed by atoms with Gasteiger partial charge in [-0.05, 0) is 18.1 Å². The zero-order valence-electron chi connectivity index (χ0n) is 15.8. The SMILES string of the molecule is Cc1ccc([C@@H](C[NH+]2CCCC2)N(C)C(=O)OCc2ccccc2)cc1. The van der Waals surface area contributed by atoms with Crippen LogP contribution >= 0.6 is 0 Å². The van der Waals surface area contributed by atoms with Crippen LogP contribution in [0.4, 0.5) is 4.79 Å². The van der Waals surface area contributed by atoms with Crippen LogP contribution in [-0.4, -0.2) is 37.7 Å². The first-order valence-corrected chi connectivity index (χ1v) is 9.47. The number of carbonyl (C=O) groups is 1. The summed E-state index contributed by atoms with van der Waals surface area (Å²) >= 11 is 0. The highest BCUT2D eigenvalue weighted by Gasteiger charge is 2.28. The Labute approximate surface area is 156 Å². The van der Waals surface area contributed by atoms with Gasteiger partial charge in [-0.1, -0.05) is 60.2 Å². The molecular formula is C22H29N2O2+. The molecular weight excluding hydrogens is 324 g/mol. The number of rotatable bonds is 6. The zero-order chi connectivity index (χ0) is 18.4. The van der Waals surface area contributed by atoms with Crippen LogP contribution < -0.4 is 4.90 Å². The lowest BCUT2D eigenvalue weighted by atomic mass is 10.0. The van der Waals surface area contributed by atoms with Crippen LogP contribution in [0.25, 0.3) is 0 Å². The second-order valence-electron chi connectivity index (χ2n) is 7.24. The summed E-state index contributed by atoms with van der Waals surface area (Å²) in [6.07, 6.45) is 2.29. The molecule has 0 unspecified atom stereocenters. The van der Waals surface area contributed by atoms with E-state index >= 15 is 0 Å². The van der Waals surface area contributed by atoms with Crippen molar-refractivity contribution >= 4 is 6.09 Å². The van der Waals surface area contributed by atoms with Gasteiger partial charge in [0.25, 0.3) is 0 Å². The number of carbonyl (C=O) groups excluding carboxylic acids is 1. The van der Waals surface area contributed by atoms with Gasteiger partial charge in [0, 0.05) is 19.9 Å². The summed E-state index contributed by atoms with van der Waals surface area (Å²) in [5.41, 5.74) is 3.41. The molecule has 4 heteroatoms. The maximum absolute atomic E-state index is 12.7. The number of ether oxygens (including phenoxy) is 1. The van der Waals surface area contributed by atoms with Gasteiger partial charge in [-0.2, -0.15) is 0 Å². The van der Waals surface area contributed by atoms with E-state index in [4.69, 9.17) is 4.74 Å². The van der Waals surface area contributed by atoms with E-state index in [1.54, 1.807) is 9.80 Å². The van der Waals surface area contributed by atoms with Crippen molar-refractivity contribution in [3.05, 3.63) is 71.3 Å². The summed E-state index contributed by atoms with van der Waals surface area (Å²) in [6.45, 7) is 5.70. The molecule has 1 heterocycles. The molecule has 1 fully saturated rings. The predicted molar refractivity (Wildman–Crippen MR) is 103 cm³/mol. The number of quaternary nitrogens is 1. The Morgan fingerprint density at radius 3 is 2.38 bits per heavy atom. The van der Waals surface area contributed by atoms with Crippen LogP contribution in [0.3, 0.4) is 0 Å². The van der Waals surface area contributed by atoms with Crippen LogP contribution in [-0.2, 0) is 11.3 Å². The minimum Gasteiger partial charge on any atom is -0.445 e. The van der Waals surface area contributed by atoms with Crippen molar-refractivity contribution in [3.63, 3.8) is 0 Å². The fourth-order valence-corrected chi connectivity index (χ4v) is 3.57. The van der Waals surface area contributed by atoms with Gasteiger partial charge in [0.05, 0.1) is 13.1 Å². The van der Waals surface area contributed by atoms with Crippen LogP contribution in [0.2, 0.25) is 0 Å². The third-order valence-electron chi connectivity index (χ3n) is 5.22. The average molecular weight is 353 g/mol. The van der Waals surface area contributed by atoms with E-state index in [1.807, 2.05) is 37.4 Å². The molecule has 26 heavy (non-hydrogen) atoms. The molecule has 3 rings (SSSR count). The van der Waals surface area contributed by atoms with Crippen LogP contribution in [0.1, 0.15) is 35.6 Å². The number of nitrogens with one attached hydrogen (secondary N) is 1. The maximum atomic E-state index is 12.7. The first-order chi connectivity index (χ1) is 12.6. The highest BCUT2D eigenvalue weighted by atomic mass is 16.6. The van der Waals surface area contributed by atoms with Gasteiger partial charge in [-0.15, -0.1) is 0 Å². The quantitative estimate of drug-likeness (QED) is 0.866. The minimum atomic E-state index is -0.266. The molecule has 1 amide bonds. The van der Waals surface area contributed by atoms with Gasteiger partial charge in [-0.3, -0.25) is 4.90 Å². The predicted octanol–water partition coefficient (Wildman–Crippen LogP) is 2.98. The number of hydrogen-bond acceptors (Lipinski definition) is 2. The van der Waals surface area contributed by atoms with Gasteiger partial charge in [0.1, 0.15) is 19.2 Å². The number of benzene rings is 2.